The summed E-state index contributed by atoms with van der Waals surface area (Å²) in [5.41, 5.74) is 0. The summed E-state index contributed by atoms with van der Waals surface area (Å²) < 4.78 is 19.8. The Bertz CT molecular complexity index is 525. The van der Waals surface area contributed by atoms with Crippen molar-refractivity contribution in [1.29, 1.82) is 0 Å². The molecule has 0 spiro atoms. The smallest absolute Gasteiger partial charge is 0.306 e. The SMILES string of the molecule is CC1(CCC(=O)OCC[N+]2(C)CCCCC2)OCC(C[N+]2(C)CCCCC2)O1.[I-].[I-]. The molecule has 3 heterocycles. The summed E-state index contributed by atoms with van der Waals surface area (Å²) in [6.45, 7) is 9.94. The maximum absolute atomic E-state index is 12.2. The van der Waals surface area contributed by atoms with E-state index < -0.39 is 5.79 Å². The maximum Gasteiger partial charge on any atom is 0.306 e. The van der Waals surface area contributed by atoms with Crippen LogP contribution in [0.4, 0.5) is 0 Å². The Hall–Kier alpha value is 0.770. The molecule has 3 saturated heterocycles. The van der Waals surface area contributed by atoms with Gasteiger partial charge in [0.25, 0.3) is 0 Å². The summed E-state index contributed by atoms with van der Waals surface area (Å²) in [5, 5.41) is 0. The third kappa shape index (κ3) is 8.96. The number of hydrogen-bond acceptors (Lipinski definition) is 4. The Kier molecular flexibility index (Phi) is 12.3. The first kappa shape index (κ1) is 28.8. The van der Waals surface area contributed by atoms with E-state index in [0.717, 1.165) is 22.1 Å². The average molecular weight is 652 g/mol. The van der Waals surface area contributed by atoms with E-state index in [1.54, 1.807) is 0 Å². The third-order valence-corrected chi connectivity index (χ3v) is 7.10. The quantitative estimate of drug-likeness (QED) is 0.157. The fourth-order valence-electron chi connectivity index (χ4n) is 5.14. The van der Waals surface area contributed by atoms with Crippen molar-refractivity contribution in [2.45, 2.75) is 70.2 Å². The first-order valence-electron chi connectivity index (χ1n) is 11.4. The molecule has 0 radical (unpaired) electrons. The van der Waals surface area contributed by atoms with E-state index in [4.69, 9.17) is 14.2 Å². The van der Waals surface area contributed by atoms with Gasteiger partial charge in [0.1, 0.15) is 25.8 Å². The minimum atomic E-state index is -0.649. The van der Waals surface area contributed by atoms with Gasteiger partial charge in [0.2, 0.25) is 0 Å². The number of likely N-dealkylation sites (N-methyl/N-ethyl adjacent to an activating group) is 2. The standard InChI is InChI=1S/C22H42N2O4.2HI/c1-22(27-19-20(28-22)18-24(3)14-8-5-9-15-24)11-10-21(25)26-17-16-23(2)12-6-4-7-13-23;;/h20H,4-19H2,1-3H3;2*1H/q+2;;/p-2. The predicted octanol–water partition coefficient (Wildman–Crippen LogP) is -3.29. The fraction of sp³-hybridized carbons (Fsp3) is 0.955. The summed E-state index contributed by atoms with van der Waals surface area (Å²) >= 11 is 0. The number of hydrogen-bond donors (Lipinski definition) is 0. The summed E-state index contributed by atoms with van der Waals surface area (Å²) in [7, 11) is 4.61. The Morgan fingerprint density at radius 3 is 2.13 bits per heavy atom. The van der Waals surface area contributed by atoms with Crippen molar-refractivity contribution in [3.05, 3.63) is 0 Å². The van der Waals surface area contributed by atoms with Gasteiger partial charge in [0.15, 0.2) is 5.79 Å². The Balaban J connectivity index is 0.00000225. The van der Waals surface area contributed by atoms with Gasteiger partial charge in [-0.25, -0.2) is 0 Å². The van der Waals surface area contributed by atoms with Gasteiger partial charge in [-0.1, -0.05) is 0 Å². The lowest BCUT2D eigenvalue weighted by atomic mass is 10.1. The number of halogens is 2. The van der Waals surface area contributed by atoms with Crippen molar-refractivity contribution in [2.24, 2.45) is 0 Å². The molecule has 2 atom stereocenters. The molecule has 3 rings (SSSR count). The minimum absolute atomic E-state index is 0. The summed E-state index contributed by atoms with van der Waals surface area (Å²) in [4.78, 5) is 12.2. The molecule has 0 aromatic rings. The van der Waals surface area contributed by atoms with Crippen LogP contribution in [-0.2, 0) is 19.0 Å². The molecule has 3 aliphatic heterocycles. The van der Waals surface area contributed by atoms with Crippen molar-refractivity contribution in [1.82, 2.24) is 0 Å². The lowest BCUT2D eigenvalue weighted by molar-refractivity contribution is -0.916. The highest BCUT2D eigenvalue weighted by Crippen LogP contribution is 2.30. The lowest BCUT2D eigenvalue weighted by Gasteiger charge is -2.39. The molecule has 3 aliphatic rings. The first-order chi connectivity index (χ1) is 13.3. The largest absolute Gasteiger partial charge is 1.00 e. The predicted molar refractivity (Wildman–Crippen MR) is 109 cm³/mol. The fourth-order valence-corrected chi connectivity index (χ4v) is 5.14. The number of esters is 1. The van der Waals surface area contributed by atoms with E-state index in [1.165, 1.54) is 64.7 Å². The molecule has 6 nitrogen and oxygen atoms in total. The number of rotatable bonds is 8. The lowest BCUT2D eigenvalue weighted by Crippen LogP contribution is -3.00. The van der Waals surface area contributed by atoms with E-state index >= 15 is 0 Å². The molecule has 0 bridgehead atoms. The van der Waals surface area contributed by atoms with Crippen LogP contribution in [-0.4, -0.2) is 93.4 Å². The van der Waals surface area contributed by atoms with Crippen molar-refractivity contribution in [2.75, 3.05) is 66.6 Å². The van der Waals surface area contributed by atoms with Gasteiger partial charge < -0.3 is 71.1 Å². The van der Waals surface area contributed by atoms with Gasteiger partial charge >= 0.3 is 5.97 Å². The second-order valence-corrected chi connectivity index (χ2v) is 10.1. The Labute approximate surface area is 217 Å². The van der Waals surface area contributed by atoms with Crippen molar-refractivity contribution < 1.29 is 75.9 Å². The van der Waals surface area contributed by atoms with Crippen molar-refractivity contribution >= 4 is 5.97 Å². The van der Waals surface area contributed by atoms with Gasteiger partial charge in [0, 0.05) is 6.42 Å². The molecule has 0 aromatic carbocycles. The number of likely N-dealkylation sites (tertiary alicyclic amines) is 2. The van der Waals surface area contributed by atoms with Gasteiger partial charge in [-0.15, -0.1) is 0 Å². The van der Waals surface area contributed by atoms with Crippen LogP contribution < -0.4 is 48.0 Å². The van der Waals surface area contributed by atoms with Crippen LogP contribution in [0.1, 0.15) is 58.3 Å². The molecular weight excluding hydrogens is 610 g/mol. The second-order valence-electron chi connectivity index (χ2n) is 10.1. The monoisotopic (exact) mass is 652 g/mol. The number of piperidine rings is 2. The highest BCUT2D eigenvalue weighted by atomic mass is 127. The molecule has 0 aliphatic carbocycles. The topological polar surface area (TPSA) is 44.8 Å². The van der Waals surface area contributed by atoms with Gasteiger partial charge in [0.05, 0.1) is 53.3 Å². The number of carbonyl (C=O) groups is 1. The van der Waals surface area contributed by atoms with Gasteiger partial charge in [-0.05, 0) is 45.4 Å². The third-order valence-electron chi connectivity index (χ3n) is 7.10. The number of ether oxygens (including phenoxy) is 3. The van der Waals surface area contributed by atoms with E-state index in [2.05, 4.69) is 14.1 Å². The molecule has 0 aromatic heterocycles. The van der Waals surface area contributed by atoms with E-state index in [-0.39, 0.29) is 60.0 Å². The molecule has 8 heteroatoms. The van der Waals surface area contributed by atoms with Gasteiger partial charge in [-0.3, -0.25) is 4.79 Å². The zero-order chi connectivity index (χ0) is 20.1. The van der Waals surface area contributed by atoms with Crippen LogP contribution in [0.3, 0.4) is 0 Å². The molecule has 0 saturated carbocycles. The summed E-state index contributed by atoms with van der Waals surface area (Å²) in [6, 6.07) is 0. The van der Waals surface area contributed by atoms with E-state index in [9.17, 15) is 4.79 Å². The molecule has 0 N–H and O–H groups in total. The van der Waals surface area contributed by atoms with Crippen LogP contribution in [0, 0.1) is 0 Å². The molecule has 3 fully saturated rings. The summed E-state index contributed by atoms with van der Waals surface area (Å²) in [6.07, 6.45) is 8.95. The zero-order valence-corrected chi connectivity index (χ0v) is 23.5. The highest BCUT2D eigenvalue weighted by molar-refractivity contribution is 5.69. The van der Waals surface area contributed by atoms with E-state index in [0.29, 0.717) is 26.1 Å². The average Bonchev–Trinajstić information content (AvgIpc) is 3.01. The second kappa shape index (κ2) is 12.9. The minimum Gasteiger partial charge on any atom is -1.00 e. The van der Waals surface area contributed by atoms with Crippen molar-refractivity contribution in [3.8, 4) is 0 Å². The Morgan fingerprint density at radius 1 is 0.967 bits per heavy atom. The molecule has 178 valence electrons. The molecule has 2 unspecified atom stereocenters. The maximum atomic E-state index is 12.2. The highest BCUT2D eigenvalue weighted by Gasteiger charge is 2.41. The van der Waals surface area contributed by atoms with Crippen molar-refractivity contribution in [3.63, 3.8) is 0 Å². The van der Waals surface area contributed by atoms with Crippen LogP contribution in [0.2, 0.25) is 0 Å². The molecular formula is C22H42I2N2O4. The number of carbonyl (C=O) groups excluding carboxylic acids is 1. The normalized spacial score (nSPS) is 30.0. The van der Waals surface area contributed by atoms with E-state index in [1.807, 2.05) is 6.92 Å². The Morgan fingerprint density at radius 2 is 1.53 bits per heavy atom. The molecule has 30 heavy (non-hydrogen) atoms. The number of quaternary nitrogens is 2. The first-order valence-corrected chi connectivity index (χ1v) is 11.4. The van der Waals surface area contributed by atoms with Crippen LogP contribution >= 0.6 is 0 Å². The van der Waals surface area contributed by atoms with Crippen LogP contribution in [0.25, 0.3) is 0 Å². The zero-order valence-electron chi connectivity index (χ0n) is 19.2. The molecule has 0 amide bonds. The van der Waals surface area contributed by atoms with Crippen LogP contribution in [0.15, 0.2) is 0 Å². The van der Waals surface area contributed by atoms with Crippen LogP contribution in [0.5, 0.6) is 0 Å². The van der Waals surface area contributed by atoms with Gasteiger partial charge in [-0.2, -0.15) is 0 Å². The summed E-state index contributed by atoms with van der Waals surface area (Å²) in [5.74, 6) is -0.778. The number of nitrogens with zero attached hydrogens (tertiary/aromatic N) is 2.